The van der Waals surface area contributed by atoms with Crippen molar-refractivity contribution in [3.05, 3.63) is 47.3 Å². The maximum atomic E-state index is 10.2. The van der Waals surface area contributed by atoms with E-state index in [9.17, 15) is 5.11 Å². The molecule has 2 aromatic rings. The van der Waals surface area contributed by atoms with Gasteiger partial charge in [-0.25, -0.2) is 0 Å². The van der Waals surface area contributed by atoms with E-state index >= 15 is 0 Å². The predicted molar refractivity (Wildman–Crippen MR) is 65.0 cm³/mol. The van der Waals surface area contributed by atoms with E-state index < -0.39 is 6.10 Å². The van der Waals surface area contributed by atoms with Crippen molar-refractivity contribution in [1.82, 2.24) is 9.78 Å². The molecule has 0 amide bonds. The summed E-state index contributed by atoms with van der Waals surface area (Å²) in [5, 5.41) is 14.5. The maximum absolute atomic E-state index is 10.2. The highest BCUT2D eigenvalue weighted by atomic mass is 16.5. The van der Waals surface area contributed by atoms with Crippen LogP contribution in [0, 0.1) is 6.92 Å². The largest absolute Gasteiger partial charge is 0.497 e. The highest BCUT2D eigenvalue weighted by Crippen LogP contribution is 2.24. The van der Waals surface area contributed by atoms with Gasteiger partial charge in [0.25, 0.3) is 0 Å². The number of nitrogens with zero attached hydrogens (tertiary/aromatic N) is 2. The third-order valence-corrected chi connectivity index (χ3v) is 2.82. The minimum atomic E-state index is -0.718. The first kappa shape index (κ1) is 11.7. The smallest absolute Gasteiger partial charge is 0.123 e. The van der Waals surface area contributed by atoms with E-state index in [1.165, 1.54) is 0 Å². The predicted octanol–water partition coefficient (Wildman–Crippen LogP) is 1.82. The standard InChI is InChI=1S/C13H16N2O2/c1-9-7-12(14-15(9)2)13(16)10-5-4-6-11(8-10)17-3/h4-8,13,16H,1-3H3. The number of aromatic nitrogens is 2. The number of hydrogen-bond donors (Lipinski definition) is 1. The monoisotopic (exact) mass is 232 g/mol. The molecule has 0 aliphatic heterocycles. The number of aliphatic hydroxyl groups is 1. The Labute approximate surface area is 100 Å². The molecule has 1 aromatic carbocycles. The molecule has 1 aromatic heterocycles. The van der Waals surface area contributed by atoms with Crippen LogP contribution in [0.15, 0.2) is 30.3 Å². The van der Waals surface area contributed by atoms with E-state index in [4.69, 9.17) is 4.74 Å². The van der Waals surface area contributed by atoms with E-state index in [2.05, 4.69) is 5.10 Å². The molecule has 0 saturated heterocycles. The lowest BCUT2D eigenvalue weighted by Gasteiger charge is -2.09. The molecule has 0 bridgehead atoms. The molecule has 1 atom stereocenters. The second-order valence-electron chi connectivity index (χ2n) is 4.01. The van der Waals surface area contributed by atoms with Crippen LogP contribution in [0.2, 0.25) is 0 Å². The molecule has 0 aliphatic rings. The fourth-order valence-corrected chi connectivity index (χ4v) is 1.70. The first-order chi connectivity index (χ1) is 8.11. The van der Waals surface area contributed by atoms with Gasteiger partial charge in [-0.1, -0.05) is 12.1 Å². The molecule has 0 spiro atoms. The van der Waals surface area contributed by atoms with Gasteiger partial charge in [0.1, 0.15) is 11.9 Å². The normalized spacial score (nSPS) is 12.5. The van der Waals surface area contributed by atoms with Crippen LogP contribution in [-0.2, 0) is 7.05 Å². The molecular weight excluding hydrogens is 216 g/mol. The number of rotatable bonds is 3. The van der Waals surface area contributed by atoms with Gasteiger partial charge in [0.15, 0.2) is 0 Å². The third-order valence-electron chi connectivity index (χ3n) is 2.82. The first-order valence-corrected chi connectivity index (χ1v) is 5.44. The molecule has 2 rings (SSSR count). The highest BCUT2D eigenvalue weighted by molar-refractivity contribution is 5.33. The number of aliphatic hydroxyl groups excluding tert-OH is 1. The van der Waals surface area contributed by atoms with Crippen molar-refractivity contribution in [2.45, 2.75) is 13.0 Å². The first-order valence-electron chi connectivity index (χ1n) is 5.44. The molecule has 4 heteroatoms. The quantitative estimate of drug-likeness (QED) is 0.878. The lowest BCUT2D eigenvalue weighted by atomic mass is 10.1. The minimum absolute atomic E-state index is 0.651. The van der Waals surface area contributed by atoms with Crippen molar-refractivity contribution >= 4 is 0 Å². The van der Waals surface area contributed by atoms with Crippen molar-refractivity contribution in [3.63, 3.8) is 0 Å². The summed E-state index contributed by atoms with van der Waals surface area (Å²) in [7, 11) is 3.47. The van der Waals surface area contributed by atoms with Crippen LogP contribution < -0.4 is 4.74 Å². The molecule has 1 N–H and O–H groups in total. The van der Waals surface area contributed by atoms with Gasteiger partial charge in [0.05, 0.1) is 12.8 Å². The van der Waals surface area contributed by atoms with E-state index in [0.717, 1.165) is 17.0 Å². The van der Waals surface area contributed by atoms with Crippen LogP contribution in [0.5, 0.6) is 5.75 Å². The molecule has 1 heterocycles. The van der Waals surface area contributed by atoms with Crippen LogP contribution in [-0.4, -0.2) is 22.0 Å². The second-order valence-corrected chi connectivity index (χ2v) is 4.01. The van der Waals surface area contributed by atoms with Gasteiger partial charge in [-0.05, 0) is 30.7 Å². The van der Waals surface area contributed by atoms with Crippen molar-refractivity contribution < 1.29 is 9.84 Å². The van der Waals surface area contributed by atoms with Crippen LogP contribution >= 0.6 is 0 Å². The Morgan fingerprint density at radius 3 is 2.71 bits per heavy atom. The third kappa shape index (κ3) is 2.31. The Morgan fingerprint density at radius 1 is 1.35 bits per heavy atom. The Bertz CT molecular complexity index is 500. The number of methoxy groups -OCH3 is 1. The van der Waals surface area contributed by atoms with Crippen LogP contribution in [0.25, 0.3) is 0 Å². The maximum Gasteiger partial charge on any atom is 0.123 e. The minimum Gasteiger partial charge on any atom is -0.497 e. The zero-order chi connectivity index (χ0) is 12.4. The van der Waals surface area contributed by atoms with Gasteiger partial charge in [-0.3, -0.25) is 4.68 Å². The van der Waals surface area contributed by atoms with Crippen molar-refractivity contribution in [2.24, 2.45) is 7.05 Å². The van der Waals surface area contributed by atoms with E-state index in [1.54, 1.807) is 11.8 Å². The number of benzene rings is 1. The number of ether oxygens (including phenoxy) is 1. The van der Waals surface area contributed by atoms with Gasteiger partial charge in [0.2, 0.25) is 0 Å². The van der Waals surface area contributed by atoms with E-state index in [-0.39, 0.29) is 0 Å². The van der Waals surface area contributed by atoms with Gasteiger partial charge in [-0.15, -0.1) is 0 Å². The Kier molecular flexibility index (Phi) is 3.15. The van der Waals surface area contributed by atoms with Gasteiger partial charge >= 0.3 is 0 Å². The fourth-order valence-electron chi connectivity index (χ4n) is 1.70. The highest BCUT2D eigenvalue weighted by Gasteiger charge is 2.14. The molecule has 1 unspecified atom stereocenters. The molecule has 0 radical (unpaired) electrons. The van der Waals surface area contributed by atoms with E-state index in [0.29, 0.717) is 5.69 Å². The van der Waals surface area contributed by atoms with Gasteiger partial charge in [0, 0.05) is 12.7 Å². The summed E-state index contributed by atoms with van der Waals surface area (Å²) in [6.07, 6.45) is -0.718. The summed E-state index contributed by atoms with van der Waals surface area (Å²) in [5.74, 6) is 0.731. The number of hydrogen-bond acceptors (Lipinski definition) is 3. The second kappa shape index (κ2) is 4.59. The summed E-state index contributed by atoms with van der Waals surface area (Å²) >= 11 is 0. The van der Waals surface area contributed by atoms with Crippen LogP contribution in [0.4, 0.5) is 0 Å². The summed E-state index contributed by atoms with van der Waals surface area (Å²) in [4.78, 5) is 0. The van der Waals surface area contributed by atoms with Gasteiger partial charge < -0.3 is 9.84 Å². The number of aryl methyl sites for hydroxylation is 2. The Hall–Kier alpha value is -1.81. The summed E-state index contributed by atoms with van der Waals surface area (Å²) < 4.78 is 6.88. The molecule has 4 nitrogen and oxygen atoms in total. The fraction of sp³-hybridized carbons (Fsp3) is 0.308. The lowest BCUT2D eigenvalue weighted by molar-refractivity contribution is 0.214. The molecular formula is C13H16N2O2. The molecule has 90 valence electrons. The van der Waals surface area contributed by atoms with Crippen LogP contribution in [0.1, 0.15) is 23.1 Å². The molecule has 0 saturated carbocycles. The van der Waals surface area contributed by atoms with Gasteiger partial charge in [-0.2, -0.15) is 5.10 Å². The molecule has 0 fully saturated rings. The topological polar surface area (TPSA) is 47.3 Å². The Balaban J connectivity index is 2.32. The SMILES string of the molecule is COc1cccc(C(O)c2cc(C)n(C)n2)c1. The average Bonchev–Trinajstić information content (AvgIpc) is 2.69. The lowest BCUT2D eigenvalue weighted by Crippen LogP contribution is -2.02. The summed E-state index contributed by atoms with van der Waals surface area (Å²) in [6.45, 7) is 1.95. The van der Waals surface area contributed by atoms with E-state index in [1.807, 2.05) is 44.3 Å². The van der Waals surface area contributed by atoms with Crippen molar-refractivity contribution in [2.75, 3.05) is 7.11 Å². The summed E-state index contributed by atoms with van der Waals surface area (Å²) in [6, 6.07) is 9.25. The van der Waals surface area contributed by atoms with Crippen molar-refractivity contribution in [3.8, 4) is 5.75 Å². The molecule has 0 aliphatic carbocycles. The van der Waals surface area contributed by atoms with Crippen molar-refractivity contribution in [1.29, 1.82) is 0 Å². The zero-order valence-electron chi connectivity index (χ0n) is 10.2. The average molecular weight is 232 g/mol. The van der Waals surface area contributed by atoms with Crippen LogP contribution in [0.3, 0.4) is 0 Å². The molecule has 17 heavy (non-hydrogen) atoms. The Morgan fingerprint density at radius 2 is 2.12 bits per heavy atom. The summed E-state index contributed by atoms with van der Waals surface area (Å²) in [5.41, 5.74) is 2.45. The zero-order valence-corrected chi connectivity index (χ0v) is 10.2.